The van der Waals surface area contributed by atoms with Crippen molar-refractivity contribution in [2.45, 2.75) is 32.6 Å². The monoisotopic (exact) mass is 354 g/mol. The van der Waals surface area contributed by atoms with Crippen LogP contribution < -0.4 is 11.1 Å². The molecule has 2 saturated carbocycles. The molecule has 4 nitrogen and oxygen atoms in total. The van der Waals surface area contributed by atoms with Gasteiger partial charge < -0.3 is 11.1 Å². The second-order valence-electron chi connectivity index (χ2n) is 7.15. The Morgan fingerprint density at radius 1 is 1.20 bits per heavy atom. The molecule has 2 fully saturated rings. The molecule has 5 heteroatoms. The molecular weight excluding hydrogens is 332 g/mol. The van der Waals surface area contributed by atoms with Gasteiger partial charge in [-0.1, -0.05) is 49.6 Å². The number of rotatable bonds is 5. The van der Waals surface area contributed by atoms with E-state index in [-0.39, 0.29) is 11.8 Å². The molecule has 1 heterocycles. The predicted molar refractivity (Wildman–Crippen MR) is 101 cm³/mol. The highest BCUT2D eigenvalue weighted by molar-refractivity contribution is 7.17. The number of carbonyl (C=O) groups is 2. The van der Waals surface area contributed by atoms with E-state index in [0.717, 1.165) is 28.3 Å². The molecule has 1 aromatic heterocycles. The molecule has 2 aliphatic rings. The van der Waals surface area contributed by atoms with E-state index in [2.05, 4.69) is 5.32 Å². The van der Waals surface area contributed by atoms with Gasteiger partial charge >= 0.3 is 0 Å². The summed E-state index contributed by atoms with van der Waals surface area (Å²) in [6.07, 6.45) is 4.80. The van der Waals surface area contributed by atoms with E-state index in [4.69, 9.17) is 5.73 Å². The Hall–Kier alpha value is -2.14. The maximum absolute atomic E-state index is 12.6. The van der Waals surface area contributed by atoms with Gasteiger partial charge in [0.1, 0.15) is 5.00 Å². The summed E-state index contributed by atoms with van der Waals surface area (Å²) in [6.45, 7) is 1.96. The van der Waals surface area contributed by atoms with Crippen LogP contribution in [0.4, 0.5) is 5.00 Å². The summed E-state index contributed by atoms with van der Waals surface area (Å²) in [6, 6.07) is 9.72. The lowest BCUT2D eigenvalue weighted by atomic mass is 9.81. The second-order valence-corrected chi connectivity index (χ2v) is 8.38. The van der Waals surface area contributed by atoms with Crippen molar-refractivity contribution in [2.75, 3.05) is 5.32 Å². The van der Waals surface area contributed by atoms with Crippen molar-refractivity contribution < 1.29 is 9.59 Å². The molecule has 2 aliphatic carbocycles. The van der Waals surface area contributed by atoms with E-state index in [9.17, 15) is 9.59 Å². The summed E-state index contributed by atoms with van der Waals surface area (Å²) in [5.74, 6) is 0.926. The fraction of sp³-hybridized carbons (Fsp3) is 0.400. The van der Waals surface area contributed by atoms with Gasteiger partial charge in [-0.05, 0) is 30.7 Å². The lowest BCUT2D eigenvalue weighted by Crippen LogP contribution is -2.21. The van der Waals surface area contributed by atoms with Crippen molar-refractivity contribution in [2.24, 2.45) is 23.5 Å². The van der Waals surface area contributed by atoms with Crippen LogP contribution in [-0.4, -0.2) is 11.8 Å². The normalized spacial score (nSPS) is 22.3. The summed E-state index contributed by atoms with van der Waals surface area (Å²) >= 11 is 1.43. The fourth-order valence-electron chi connectivity index (χ4n) is 3.93. The first kappa shape index (κ1) is 16.3. The number of anilines is 1. The van der Waals surface area contributed by atoms with Crippen molar-refractivity contribution >= 4 is 28.2 Å². The van der Waals surface area contributed by atoms with E-state index >= 15 is 0 Å². The molecule has 0 bridgehead atoms. The molecule has 4 rings (SSSR count). The average molecular weight is 354 g/mol. The Kier molecular flexibility index (Phi) is 4.12. The molecular formula is C20H22N2O2S. The molecule has 2 aromatic rings. The van der Waals surface area contributed by atoms with Crippen LogP contribution in [0.5, 0.6) is 0 Å². The zero-order chi connectivity index (χ0) is 17.6. The third kappa shape index (κ3) is 2.97. The van der Waals surface area contributed by atoms with E-state index in [1.165, 1.54) is 30.6 Å². The summed E-state index contributed by atoms with van der Waals surface area (Å²) in [5.41, 5.74) is 7.87. The number of aryl methyl sites for hydroxylation is 1. The SMILES string of the molecule is Cc1sc(NC(=O)[C@@H]2C[C@@H]2C2CCC2)c(C(N)=O)c1-c1ccccc1. The Labute approximate surface area is 151 Å². The molecule has 0 spiro atoms. The molecule has 130 valence electrons. The van der Waals surface area contributed by atoms with Crippen LogP contribution in [0.15, 0.2) is 30.3 Å². The van der Waals surface area contributed by atoms with Gasteiger partial charge in [-0.3, -0.25) is 9.59 Å². The highest BCUT2D eigenvalue weighted by Gasteiger charge is 2.49. The summed E-state index contributed by atoms with van der Waals surface area (Å²) in [4.78, 5) is 25.7. The van der Waals surface area contributed by atoms with Gasteiger partial charge in [-0.15, -0.1) is 11.3 Å². The topological polar surface area (TPSA) is 72.2 Å². The van der Waals surface area contributed by atoms with Gasteiger partial charge in [0.25, 0.3) is 5.91 Å². The van der Waals surface area contributed by atoms with Crippen LogP contribution in [-0.2, 0) is 4.79 Å². The van der Waals surface area contributed by atoms with Crippen molar-refractivity contribution in [3.05, 3.63) is 40.8 Å². The summed E-state index contributed by atoms with van der Waals surface area (Å²) in [7, 11) is 0. The highest BCUT2D eigenvalue weighted by atomic mass is 32.1. The van der Waals surface area contributed by atoms with Crippen LogP contribution in [0.3, 0.4) is 0 Å². The second kappa shape index (κ2) is 6.30. The minimum absolute atomic E-state index is 0.0419. The lowest BCUT2D eigenvalue weighted by Gasteiger charge is -2.25. The molecule has 0 saturated heterocycles. The molecule has 1 aromatic carbocycles. The van der Waals surface area contributed by atoms with Crippen LogP contribution >= 0.6 is 11.3 Å². The molecule has 25 heavy (non-hydrogen) atoms. The maximum atomic E-state index is 12.6. The quantitative estimate of drug-likeness (QED) is 0.845. The van der Waals surface area contributed by atoms with Gasteiger partial charge in [-0.2, -0.15) is 0 Å². The standard InChI is InChI=1S/C20H22N2O2S/c1-11-16(13-6-3-2-4-7-13)17(18(21)23)20(25-11)22-19(24)15-10-14(15)12-8-5-9-12/h2-4,6-7,12,14-15H,5,8-10H2,1H3,(H2,21,23)(H,22,24)/t14-,15-/m1/s1. The number of hydrogen-bond acceptors (Lipinski definition) is 3. The van der Waals surface area contributed by atoms with Gasteiger partial charge in [0.2, 0.25) is 5.91 Å². The Bertz CT molecular complexity index is 824. The smallest absolute Gasteiger partial charge is 0.252 e. The van der Waals surface area contributed by atoms with E-state index < -0.39 is 5.91 Å². The minimum atomic E-state index is -0.496. The van der Waals surface area contributed by atoms with Gasteiger partial charge in [0, 0.05) is 16.4 Å². The van der Waals surface area contributed by atoms with Gasteiger partial charge in [-0.25, -0.2) is 0 Å². The Balaban J connectivity index is 1.60. The highest BCUT2D eigenvalue weighted by Crippen LogP contribution is 2.52. The summed E-state index contributed by atoms with van der Waals surface area (Å²) < 4.78 is 0. The van der Waals surface area contributed by atoms with Crippen molar-refractivity contribution in [1.29, 1.82) is 0 Å². The van der Waals surface area contributed by atoms with Gasteiger partial charge in [0.05, 0.1) is 5.56 Å². The molecule has 2 atom stereocenters. The molecule has 0 aliphatic heterocycles. The largest absolute Gasteiger partial charge is 0.365 e. The number of benzene rings is 1. The maximum Gasteiger partial charge on any atom is 0.252 e. The van der Waals surface area contributed by atoms with E-state index in [0.29, 0.717) is 16.5 Å². The first-order valence-electron chi connectivity index (χ1n) is 8.85. The summed E-state index contributed by atoms with van der Waals surface area (Å²) in [5, 5.41) is 3.59. The van der Waals surface area contributed by atoms with Gasteiger partial charge in [0.15, 0.2) is 0 Å². The number of hydrogen-bond donors (Lipinski definition) is 2. The third-order valence-corrected chi connectivity index (χ3v) is 6.58. The lowest BCUT2D eigenvalue weighted by molar-refractivity contribution is -0.117. The van der Waals surface area contributed by atoms with Crippen molar-refractivity contribution in [3.63, 3.8) is 0 Å². The van der Waals surface area contributed by atoms with Crippen LogP contribution in [0, 0.1) is 24.7 Å². The first-order chi connectivity index (χ1) is 12.1. The number of primary amides is 1. The predicted octanol–water partition coefficient (Wildman–Crippen LogP) is 4.20. The number of thiophene rings is 1. The van der Waals surface area contributed by atoms with Crippen LogP contribution in [0.2, 0.25) is 0 Å². The third-order valence-electron chi connectivity index (χ3n) is 5.56. The number of amides is 2. The van der Waals surface area contributed by atoms with E-state index in [1.54, 1.807) is 0 Å². The van der Waals surface area contributed by atoms with Crippen LogP contribution in [0.25, 0.3) is 11.1 Å². The zero-order valence-corrected chi connectivity index (χ0v) is 15.1. The molecule has 0 radical (unpaired) electrons. The fourth-order valence-corrected chi connectivity index (χ4v) is 5.01. The molecule has 3 N–H and O–H groups in total. The van der Waals surface area contributed by atoms with Crippen LogP contribution in [0.1, 0.15) is 40.9 Å². The minimum Gasteiger partial charge on any atom is -0.365 e. The number of nitrogens with one attached hydrogen (secondary N) is 1. The average Bonchev–Trinajstić information content (AvgIpc) is 3.23. The Morgan fingerprint density at radius 2 is 1.92 bits per heavy atom. The number of carbonyl (C=O) groups excluding carboxylic acids is 2. The molecule has 2 amide bonds. The zero-order valence-electron chi connectivity index (χ0n) is 14.2. The molecule has 0 unspecified atom stereocenters. The van der Waals surface area contributed by atoms with Crippen molar-refractivity contribution in [1.82, 2.24) is 0 Å². The first-order valence-corrected chi connectivity index (χ1v) is 9.67. The van der Waals surface area contributed by atoms with Crippen molar-refractivity contribution in [3.8, 4) is 11.1 Å². The Morgan fingerprint density at radius 3 is 2.52 bits per heavy atom. The van der Waals surface area contributed by atoms with E-state index in [1.807, 2.05) is 37.3 Å². The number of nitrogens with two attached hydrogens (primary N) is 1.